The second kappa shape index (κ2) is 12.1. The van der Waals surface area contributed by atoms with Crippen LogP contribution >= 0.6 is 11.3 Å². The van der Waals surface area contributed by atoms with Gasteiger partial charge in [0.05, 0.1) is 27.0 Å². The van der Waals surface area contributed by atoms with Crippen LogP contribution in [0.25, 0.3) is 21.8 Å². The fraction of sp³-hybridized carbons (Fsp3) is 0.321. The zero-order chi connectivity index (χ0) is 29.1. The number of sulfonamides is 1. The molecule has 8 nitrogen and oxygen atoms in total. The van der Waals surface area contributed by atoms with E-state index in [0.717, 1.165) is 48.9 Å². The van der Waals surface area contributed by atoms with Gasteiger partial charge >= 0.3 is 0 Å². The van der Waals surface area contributed by atoms with E-state index >= 15 is 0 Å². The number of rotatable bonds is 10. The van der Waals surface area contributed by atoms with Crippen LogP contribution in [0, 0.1) is 17.5 Å². The Kier molecular flexibility index (Phi) is 8.57. The Bertz CT molecular complexity index is 1640. The number of aromatic nitrogens is 3. The second-order valence-electron chi connectivity index (χ2n) is 9.98. The van der Waals surface area contributed by atoms with Crippen molar-refractivity contribution < 1.29 is 21.6 Å². The van der Waals surface area contributed by atoms with Gasteiger partial charge in [-0.1, -0.05) is 19.9 Å². The summed E-state index contributed by atoms with van der Waals surface area (Å²) in [6, 6.07) is 8.23. The topological polar surface area (TPSA) is 100 Å². The summed E-state index contributed by atoms with van der Waals surface area (Å²) in [5.74, 6) is -2.94. The average molecular weight is 603 g/mol. The van der Waals surface area contributed by atoms with Crippen molar-refractivity contribution >= 4 is 33.0 Å². The molecule has 2 aromatic heterocycles. The lowest BCUT2D eigenvalue weighted by atomic mass is 10.1. The lowest BCUT2D eigenvalue weighted by Crippen LogP contribution is -2.26. The van der Waals surface area contributed by atoms with Crippen LogP contribution in [0.1, 0.15) is 37.6 Å². The highest BCUT2D eigenvalue weighted by Crippen LogP contribution is 2.39. The number of likely N-dealkylation sites (tertiary alicyclic amines) is 1. The summed E-state index contributed by atoms with van der Waals surface area (Å²) >= 11 is 1.42. The molecule has 1 aliphatic rings. The Balaban J connectivity index is 1.47. The highest BCUT2D eigenvalue weighted by Gasteiger charge is 2.26. The van der Waals surface area contributed by atoms with Crippen molar-refractivity contribution in [3.05, 3.63) is 71.1 Å². The summed E-state index contributed by atoms with van der Waals surface area (Å²) in [4.78, 5) is 15.7. The third-order valence-corrected chi connectivity index (χ3v) is 9.40. The largest absolute Gasteiger partial charge is 0.353 e. The predicted molar refractivity (Wildman–Crippen MR) is 154 cm³/mol. The van der Waals surface area contributed by atoms with E-state index in [1.165, 1.54) is 36.3 Å². The third kappa shape index (κ3) is 6.52. The van der Waals surface area contributed by atoms with Crippen LogP contribution < -0.4 is 10.0 Å². The van der Waals surface area contributed by atoms with E-state index in [-0.39, 0.29) is 5.92 Å². The molecule has 5 rings (SSSR count). The van der Waals surface area contributed by atoms with Gasteiger partial charge in [0.25, 0.3) is 10.0 Å². The van der Waals surface area contributed by atoms with Gasteiger partial charge in [-0.3, -0.25) is 4.72 Å². The van der Waals surface area contributed by atoms with E-state index in [0.29, 0.717) is 34.3 Å². The van der Waals surface area contributed by atoms with Crippen LogP contribution in [0.15, 0.2) is 53.6 Å². The summed E-state index contributed by atoms with van der Waals surface area (Å²) in [7, 11) is -4.78. The SMILES string of the molecule is CC(C)c1nc(-c2ccc(F)c(NS(=O)(=O)c3c(F)cccc3F)c2)c(-c2ccnc(NCCN3CCCC3)n2)s1. The van der Waals surface area contributed by atoms with Gasteiger partial charge in [0, 0.05) is 30.8 Å². The number of hydrogen-bond acceptors (Lipinski definition) is 8. The van der Waals surface area contributed by atoms with Gasteiger partial charge < -0.3 is 10.2 Å². The fourth-order valence-electron chi connectivity index (χ4n) is 4.54. The van der Waals surface area contributed by atoms with Crippen molar-refractivity contribution in [3.63, 3.8) is 0 Å². The second-order valence-corrected chi connectivity index (χ2v) is 12.6. The van der Waals surface area contributed by atoms with Gasteiger partial charge in [-0.15, -0.1) is 11.3 Å². The molecule has 2 aromatic carbocycles. The molecule has 4 aromatic rings. The Labute approximate surface area is 240 Å². The van der Waals surface area contributed by atoms with E-state index in [9.17, 15) is 21.6 Å². The third-order valence-electron chi connectivity index (χ3n) is 6.61. The van der Waals surface area contributed by atoms with E-state index in [4.69, 9.17) is 4.98 Å². The molecule has 0 spiro atoms. The fourth-order valence-corrected chi connectivity index (χ4v) is 6.80. The number of thiazole rings is 1. The van der Waals surface area contributed by atoms with Crippen LogP contribution in [0.3, 0.4) is 0 Å². The van der Waals surface area contributed by atoms with E-state index in [1.54, 1.807) is 12.3 Å². The number of nitrogens with zero attached hydrogens (tertiary/aromatic N) is 4. The van der Waals surface area contributed by atoms with Crippen molar-refractivity contribution in [3.8, 4) is 21.8 Å². The standard InChI is InChI=1S/C28H29F3N6O2S2/c1-17(2)27-35-24(25(40-27)22-10-11-32-28(34-22)33-12-15-37-13-3-4-14-37)18-8-9-19(29)23(16-18)36-41(38,39)26-20(30)6-5-7-21(26)31/h5-11,16-17,36H,3-4,12-15H2,1-2H3,(H,32,33,34). The van der Waals surface area contributed by atoms with Gasteiger partial charge in [0.2, 0.25) is 5.95 Å². The molecule has 1 saturated heterocycles. The molecule has 0 aliphatic carbocycles. The monoisotopic (exact) mass is 602 g/mol. The first-order chi connectivity index (χ1) is 19.6. The minimum atomic E-state index is -4.78. The van der Waals surface area contributed by atoms with Gasteiger partial charge in [0.15, 0.2) is 4.90 Å². The molecule has 0 bridgehead atoms. The van der Waals surface area contributed by atoms with Crippen molar-refractivity contribution in [1.82, 2.24) is 19.9 Å². The first-order valence-electron chi connectivity index (χ1n) is 13.2. The maximum absolute atomic E-state index is 14.8. The first kappa shape index (κ1) is 29.0. The molecule has 1 aliphatic heterocycles. The molecule has 0 amide bonds. The lowest BCUT2D eigenvalue weighted by Gasteiger charge is -2.14. The van der Waals surface area contributed by atoms with E-state index < -0.39 is 38.1 Å². The molecule has 3 heterocycles. The molecule has 0 unspecified atom stereocenters. The molecular formula is C28H29F3N6O2S2. The summed E-state index contributed by atoms with van der Waals surface area (Å²) in [6.07, 6.45) is 4.07. The van der Waals surface area contributed by atoms with Crippen molar-refractivity contribution in [2.75, 3.05) is 36.2 Å². The Morgan fingerprint density at radius 1 is 1.00 bits per heavy atom. The van der Waals surface area contributed by atoms with Crippen LogP contribution in [-0.4, -0.2) is 54.4 Å². The Morgan fingerprint density at radius 2 is 1.73 bits per heavy atom. The summed E-state index contributed by atoms with van der Waals surface area (Å²) in [5.41, 5.74) is 1.00. The highest BCUT2D eigenvalue weighted by atomic mass is 32.2. The van der Waals surface area contributed by atoms with E-state index in [1.807, 2.05) is 18.6 Å². The smallest absolute Gasteiger partial charge is 0.267 e. The van der Waals surface area contributed by atoms with Gasteiger partial charge in [-0.05, 0) is 62.3 Å². The minimum absolute atomic E-state index is 0.0786. The minimum Gasteiger partial charge on any atom is -0.353 e. The maximum atomic E-state index is 14.8. The molecule has 41 heavy (non-hydrogen) atoms. The molecule has 0 atom stereocenters. The predicted octanol–water partition coefficient (Wildman–Crippen LogP) is 6.12. The van der Waals surface area contributed by atoms with Crippen molar-refractivity contribution in [2.24, 2.45) is 0 Å². The molecule has 1 fully saturated rings. The number of halogens is 3. The summed E-state index contributed by atoms with van der Waals surface area (Å²) in [6.45, 7) is 7.75. The Morgan fingerprint density at radius 3 is 2.44 bits per heavy atom. The van der Waals surface area contributed by atoms with Crippen LogP contribution in [0.5, 0.6) is 0 Å². The summed E-state index contributed by atoms with van der Waals surface area (Å²) in [5, 5.41) is 4.07. The van der Waals surface area contributed by atoms with Crippen LogP contribution in [0.4, 0.5) is 24.8 Å². The number of anilines is 2. The molecule has 2 N–H and O–H groups in total. The van der Waals surface area contributed by atoms with Crippen LogP contribution in [-0.2, 0) is 10.0 Å². The molecule has 216 valence electrons. The quantitative estimate of drug-likeness (QED) is 0.226. The number of hydrogen-bond donors (Lipinski definition) is 2. The van der Waals surface area contributed by atoms with Crippen molar-refractivity contribution in [2.45, 2.75) is 37.5 Å². The zero-order valence-electron chi connectivity index (χ0n) is 22.5. The maximum Gasteiger partial charge on any atom is 0.267 e. The van der Waals surface area contributed by atoms with E-state index in [2.05, 4.69) is 20.2 Å². The molecule has 13 heteroatoms. The Hall–Kier alpha value is -3.55. The van der Waals surface area contributed by atoms with Crippen molar-refractivity contribution in [1.29, 1.82) is 0 Å². The van der Waals surface area contributed by atoms with Gasteiger partial charge in [-0.2, -0.15) is 0 Å². The number of nitrogens with one attached hydrogen (secondary N) is 2. The number of benzene rings is 2. The van der Waals surface area contributed by atoms with Crippen LogP contribution in [0.2, 0.25) is 0 Å². The first-order valence-corrected chi connectivity index (χ1v) is 15.5. The summed E-state index contributed by atoms with van der Waals surface area (Å²) < 4.78 is 70.9. The van der Waals surface area contributed by atoms with Gasteiger partial charge in [-0.25, -0.2) is 36.5 Å². The van der Waals surface area contributed by atoms with Gasteiger partial charge in [0.1, 0.15) is 17.5 Å². The zero-order valence-corrected chi connectivity index (χ0v) is 24.1. The molecule has 0 radical (unpaired) electrons. The highest BCUT2D eigenvalue weighted by molar-refractivity contribution is 7.92. The molecule has 0 saturated carbocycles. The normalized spacial score (nSPS) is 14.1. The average Bonchev–Trinajstić information content (AvgIpc) is 3.61. The lowest BCUT2D eigenvalue weighted by molar-refractivity contribution is 0.352. The molecular weight excluding hydrogens is 573 g/mol.